The van der Waals surface area contributed by atoms with E-state index in [2.05, 4.69) is 16.0 Å². The third-order valence-electron chi connectivity index (χ3n) is 3.47. The predicted molar refractivity (Wildman–Crippen MR) is 78.8 cm³/mol. The van der Waals surface area contributed by atoms with E-state index in [9.17, 15) is 4.79 Å². The van der Waals surface area contributed by atoms with Crippen molar-refractivity contribution in [3.8, 4) is 0 Å². The van der Waals surface area contributed by atoms with E-state index in [1.807, 2.05) is 36.6 Å². The molecule has 1 unspecified atom stereocenters. The summed E-state index contributed by atoms with van der Waals surface area (Å²) in [5.74, 6) is -0.0183. The van der Waals surface area contributed by atoms with Gasteiger partial charge in [0.15, 0.2) is 0 Å². The first kappa shape index (κ1) is 12.2. The molecule has 19 heavy (non-hydrogen) atoms. The molecule has 2 heterocycles. The molecule has 1 atom stereocenters. The first-order valence-electron chi connectivity index (χ1n) is 6.44. The lowest BCUT2D eigenvalue weighted by Crippen LogP contribution is -2.26. The maximum Gasteiger partial charge on any atom is 0.251 e. The fourth-order valence-corrected chi connectivity index (χ4v) is 3.07. The van der Waals surface area contributed by atoms with Crippen molar-refractivity contribution in [1.29, 1.82) is 0 Å². The number of carbonyl (C=O) groups is 1. The third kappa shape index (κ3) is 2.49. The molecule has 1 amide bonds. The van der Waals surface area contributed by atoms with Crippen molar-refractivity contribution in [3.05, 3.63) is 51.7 Å². The smallest absolute Gasteiger partial charge is 0.251 e. The van der Waals surface area contributed by atoms with Crippen molar-refractivity contribution >= 4 is 22.9 Å². The average molecular weight is 272 g/mol. The highest BCUT2D eigenvalue weighted by Gasteiger charge is 2.15. The zero-order valence-electron chi connectivity index (χ0n) is 10.8. The Labute approximate surface area is 116 Å². The van der Waals surface area contributed by atoms with Gasteiger partial charge in [0.05, 0.1) is 6.04 Å². The van der Waals surface area contributed by atoms with Crippen LogP contribution >= 0.6 is 11.3 Å². The zero-order valence-corrected chi connectivity index (χ0v) is 11.6. The lowest BCUT2D eigenvalue weighted by Gasteiger charge is -2.13. The summed E-state index contributed by atoms with van der Waals surface area (Å²) >= 11 is 1.65. The molecule has 1 aliphatic heterocycles. The Morgan fingerprint density at radius 1 is 1.42 bits per heavy atom. The molecule has 0 saturated carbocycles. The number of fused-ring (bicyclic) bond motifs is 1. The van der Waals surface area contributed by atoms with E-state index in [-0.39, 0.29) is 11.9 Å². The summed E-state index contributed by atoms with van der Waals surface area (Å²) in [5, 5.41) is 10.4. The van der Waals surface area contributed by atoms with Gasteiger partial charge in [0.1, 0.15) is 0 Å². The Balaban J connectivity index is 1.74. The minimum atomic E-state index is -0.0183. The lowest BCUT2D eigenvalue weighted by atomic mass is 10.1. The molecule has 1 aromatic heterocycles. The SMILES string of the molecule is CC(NC(=O)c1ccc2c(c1)NCC2)c1ccsc1. The second kappa shape index (κ2) is 5.05. The predicted octanol–water partition coefficient (Wildman–Crippen LogP) is 3.21. The highest BCUT2D eigenvalue weighted by Crippen LogP contribution is 2.23. The van der Waals surface area contributed by atoms with Crippen LogP contribution in [0.4, 0.5) is 5.69 Å². The fraction of sp³-hybridized carbons (Fsp3) is 0.267. The Bertz CT molecular complexity index is 592. The Morgan fingerprint density at radius 3 is 3.11 bits per heavy atom. The summed E-state index contributed by atoms with van der Waals surface area (Å²) in [7, 11) is 0. The van der Waals surface area contributed by atoms with Crippen LogP contribution in [0.2, 0.25) is 0 Å². The van der Waals surface area contributed by atoms with Crippen molar-refractivity contribution in [2.45, 2.75) is 19.4 Å². The van der Waals surface area contributed by atoms with Crippen LogP contribution in [0, 0.1) is 0 Å². The van der Waals surface area contributed by atoms with E-state index < -0.39 is 0 Å². The lowest BCUT2D eigenvalue weighted by molar-refractivity contribution is 0.0940. The summed E-state index contributed by atoms with van der Waals surface area (Å²) in [5.41, 5.74) is 4.26. The maximum absolute atomic E-state index is 12.2. The number of carbonyl (C=O) groups excluding carboxylic acids is 1. The summed E-state index contributed by atoms with van der Waals surface area (Å²) in [4.78, 5) is 12.2. The van der Waals surface area contributed by atoms with Gasteiger partial charge >= 0.3 is 0 Å². The minimum Gasteiger partial charge on any atom is -0.384 e. The molecule has 0 aliphatic carbocycles. The first-order chi connectivity index (χ1) is 9.24. The molecule has 1 aromatic carbocycles. The summed E-state index contributed by atoms with van der Waals surface area (Å²) in [6, 6.07) is 7.97. The van der Waals surface area contributed by atoms with Crippen molar-refractivity contribution in [1.82, 2.24) is 5.32 Å². The normalized spacial score (nSPS) is 14.6. The fourth-order valence-electron chi connectivity index (χ4n) is 2.32. The van der Waals surface area contributed by atoms with Crippen LogP contribution in [-0.4, -0.2) is 12.5 Å². The van der Waals surface area contributed by atoms with Crippen LogP contribution in [0.15, 0.2) is 35.0 Å². The van der Waals surface area contributed by atoms with Gasteiger partial charge in [-0.05, 0) is 53.4 Å². The first-order valence-corrected chi connectivity index (χ1v) is 7.38. The van der Waals surface area contributed by atoms with Gasteiger partial charge in [-0.1, -0.05) is 6.07 Å². The quantitative estimate of drug-likeness (QED) is 0.901. The number of rotatable bonds is 3. The molecule has 4 heteroatoms. The Morgan fingerprint density at radius 2 is 2.32 bits per heavy atom. The van der Waals surface area contributed by atoms with Crippen LogP contribution in [0.1, 0.15) is 34.5 Å². The minimum absolute atomic E-state index is 0.0183. The maximum atomic E-state index is 12.2. The second-order valence-corrected chi connectivity index (χ2v) is 5.58. The Kier molecular flexibility index (Phi) is 3.25. The van der Waals surface area contributed by atoms with Crippen molar-refractivity contribution in [2.75, 3.05) is 11.9 Å². The number of amides is 1. The van der Waals surface area contributed by atoms with Crippen LogP contribution in [0.3, 0.4) is 0 Å². The van der Waals surface area contributed by atoms with Crippen molar-refractivity contribution in [3.63, 3.8) is 0 Å². The number of nitrogens with one attached hydrogen (secondary N) is 2. The molecule has 1 aliphatic rings. The highest BCUT2D eigenvalue weighted by molar-refractivity contribution is 7.07. The van der Waals surface area contributed by atoms with E-state index >= 15 is 0 Å². The molecule has 3 rings (SSSR count). The van der Waals surface area contributed by atoms with Gasteiger partial charge in [-0.3, -0.25) is 4.79 Å². The van der Waals surface area contributed by atoms with Gasteiger partial charge in [-0.25, -0.2) is 0 Å². The average Bonchev–Trinajstić information content (AvgIpc) is 3.09. The van der Waals surface area contributed by atoms with E-state index in [1.54, 1.807) is 11.3 Å². The topological polar surface area (TPSA) is 41.1 Å². The summed E-state index contributed by atoms with van der Waals surface area (Å²) in [6.07, 6.45) is 1.04. The third-order valence-corrected chi connectivity index (χ3v) is 4.17. The summed E-state index contributed by atoms with van der Waals surface area (Å²) < 4.78 is 0. The second-order valence-electron chi connectivity index (χ2n) is 4.80. The highest BCUT2D eigenvalue weighted by atomic mass is 32.1. The zero-order chi connectivity index (χ0) is 13.2. The number of hydrogen-bond acceptors (Lipinski definition) is 3. The van der Waals surface area contributed by atoms with Gasteiger partial charge in [-0.2, -0.15) is 11.3 Å². The monoisotopic (exact) mass is 272 g/mol. The molecule has 2 N–H and O–H groups in total. The molecule has 0 spiro atoms. The van der Waals surface area contributed by atoms with Crippen LogP contribution < -0.4 is 10.6 Å². The van der Waals surface area contributed by atoms with Gasteiger partial charge in [-0.15, -0.1) is 0 Å². The molecule has 3 nitrogen and oxygen atoms in total. The van der Waals surface area contributed by atoms with Gasteiger partial charge < -0.3 is 10.6 Å². The van der Waals surface area contributed by atoms with Crippen LogP contribution in [0.5, 0.6) is 0 Å². The number of thiophene rings is 1. The molecular formula is C15H16N2OS. The van der Waals surface area contributed by atoms with E-state index in [0.717, 1.165) is 29.8 Å². The molecular weight excluding hydrogens is 256 g/mol. The van der Waals surface area contributed by atoms with E-state index in [0.29, 0.717) is 0 Å². The van der Waals surface area contributed by atoms with Gasteiger partial charge in [0, 0.05) is 17.8 Å². The van der Waals surface area contributed by atoms with Gasteiger partial charge in [0.2, 0.25) is 0 Å². The molecule has 0 fully saturated rings. The van der Waals surface area contributed by atoms with Crippen molar-refractivity contribution in [2.24, 2.45) is 0 Å². The molecule has 2 aromatic rings. The van der Waals surface area contributed by atoms with E-state index in [4.69, 9.17) is 0 Å². The molecule has 0 bridgehead atoms. The van der Waals surface area contributed by atoms with Crippen LogP contribution in [-0.2, 0) is 6.42 Å². The number of anilines is 1. The standard InChI is InChI=1S/C15H16N2OS/c1-10(13-5-7-19-9-13)17-15(18)12-3-2-11-4-6-16-14(11)8-12/h2-3,5,7-10,16H,4,6H2,1H3,(H,17,18). The van der Waals surface area contributed by atoms with Gasteiger partial charge in [0.25, 0.3) is 5.91 Å². The number of hydrogen-bond donors (Lipinski definition) is 2. The molecule has 0 radical (unpaired) electrons. The molecule has 98 valence electrons. The largest absolute Gasteiger partial charge is 0.384 e. The Hall–Kier alpha value is -1.81. The van der Waals surface area contributed by atoms with E-state index in [1.165, 1.54) is 5.56 Å². The summed E-state index contributed by atoms with van der Waals surface area (Å²) in [6.45, 7) is 2.97. The number of benzene rings is 1. The van der Waals surface area contributed by atoms with Crippen molar-refractivity contribution < 1.29 is 4.79 Å². The molecule has 0 saturated heterocycles. The van der Waals surface area contributed by atoms with Crippen LogP contribution in [0.25, 0.3) is 0 Å².